The van der Waals surface area contributed by atoms with Crippen molar-refractivity contribution in [3.05, 3.63) is 88.9 Å². The molecule has 8 heteroatoms. The minimum Gasteiger partial charge on any atom is -0.492 e. The normalized spacial score (nSPS) is 21.2. The average Bonchev–Trinajstić information content (AvgIpc) is 3.34. The van der Waals surface area contributed by atoms with Gasteiger partial charge in [0.25, 0.3) is 0 Å². The minimum absolute atomic E-state index is 0.159. The zero-order chi connectivity index (χ0) is 27.8. The van der Waals surface area contributed by atoms with Crippen LogP contribution in [0.3, 0.4) is 0 Å². The molecule has 7 rings (SSSR count). The number of esters is 1. The van der Waals surface area contributed by atoms with Crippen molar-refractivity contribution in [2.24, 2.45) is 0 Å². The van der Waals surface area contributed by atoms with Crippen molar-refractivity contribution in [2.75, 3.05) is 33.4 Å². The summed E-state index contributed by atoms with van der Waals surface area (Å²) in [5.74, 6) is 2.54. The van der Waals surface area contributed by atoms with Crippen LogP contribution in [0.15, 0.2) is 60.7 Å². The number of benzene rings is 2. The second-order valence-corrected chi connectivity index (χ2v) is 11.5. The summed E-state index contributed by atoms with van der Waals surface area (Å²) in [6.45, 7) is 4.94. The van der Waals surface area contributed by atoms with E-state index < -0.39 is 5.97 Å². The van der Waals surface area contributed by atoms with Crippen LogP contribution in [0.25, 0.3) is 11.2 Å². The minimum atomic E-state index is -0.439. The molecule has 2 atom stereocenters. The van der Waals surface area contributed by atoms with Crippen LogP contribution in [-0.2, 0) is 29.0 Å². The lowest BCUT2D eigenvalue weighted by molar-refractivity contribution is -0.0593. The van der Waals surface area contributed by atoms with Gasteiger partial charge in [-0.15, -0.1) is 0 Å². The van der Waals surface area contributed by atoms with Crippen LogP contribution in [0.5, 0.6) is 5.75 Å². The molecule has 2 saturated heterocycles. The molecule has 8 nitrogen and oxygen atoms in total. The number of likely N-dealkylation sites (tertiary alicyclic amines) is 1. The lowest BCUT2D eigenvalue weighted by atomic mass is 9.84. The van der Waals surface area contributed by atoms with Crippen LogP contribution in [-0.4, -0.2) is 64.9 Å². The Morgan fingerprint density at radius 1 is 0.976 bits per heavy atom. The van der Waals surface area contributed by atoms with Crippen molar-refractivity contribution < 1.29 is 19.0 Å². The molecule has 0 saturated carbocycles. The Labute approximate surface area is 240 Å². The number of fused-ring (bicyclic) bond motifs is 2. The first-order valence-corrected chi connectivity index (χ1v) is 14.7. The SMILES string of the molecule is COC(=O)c1ccc2nc(CN3CCC(c4cccc5c4OCC(c4ccccc4)C5)CC3)n(C[C@@H]3CCO3)c2n1. The first kappa shape index (κ1) is 26.2. The molecule has 0 spiro atoms. The summed E-state index contributed by atoms with van der Waals surface area (Å²) in [7, 11) is 1.38. The lowest BCUT2D eigenvalue weighted by Crippen LogP contribution is -2.35. The number of rotatable bonds is 7. The Hall–Kier alpha value is -3.75. The van der Waals surface area contributed by atoms with E-state index in [1.165, 1.54) is 23.8 Å². The Balaban J connectivity index is 1.06. The maximum absolute atomic E-state index is 12.1. The van der Waals surface area contributed by atoms with Crippen LogP contribution in [0, 0.1) is 0 Å². The smallest absolute Gasteiger partial charge is 0.356 e. The zero-order valence-corrected chi connectivity index (χ0v) is 23.5. The van der Waals surface area contributed by atoms with Crippen molar-refractivity contribution in [1.29, 1.82) is 0 Å². The number of pyridine rings is 1. The fraction of sp³-hybridized carbons (Fsp3) is 0.424. The number of hydrogen-bond donors (Lipinski definition) is 0. The third-order valence-electron chi connectivity index (χ3n) is 8.93. The fourth-order valence-corrected chi connectivity index (χ4v) is 6.52. The van der Waals surface area contributed by atoms with Gasteiger partial charge >= 0.3 is 5.97 Å². The van der Waals surface area contributed by atoms with Gasteiger partial charge in [0.05, 0.1) is 32.9 Å². The molecule has 2 aromatic carbocycles. The van der Waals surface area contributed by atoms with Gasteiger partial charge in [-0.3, -0.25) is 4.90 Å². The molecule has 0 radical (unpaired) electrons. The summed E-state index contributed by atoms with van der Waals surface area (Å²) in [6.07, 6.45) is 4.37. The molecule has 1 unspecified atom stereocenters. The van der Waals surface area contributed by atoms with E-state index in [-0.39, 0.29) is 6.10 Å². The highest BCUT2D eigenvalue weighted by Gasteiger charge is 2.30. The molecule has 3 aliphatic rings. The van der Waals surface area contributed by atoms with Crippen molar-refractivity contribution in [1.82, 2.24) is 19.4 Å². The van der Waals surface area contributed by atoms with Gasteiger partial charge in [-0.2, -0.15) is 0 Å². The Morgan fingerprint density at radius 3 is 2.56 bits per heavy atom. The number of hydrogen-bond acceptors (Lipinski definition) is 7. The van der Waals surface area contributed by atoms with Crippen molar-refractivity contribution in [2.45, 2.75) is 56.7 Å². The molecule has 0 amide bonds. The number of imidazole rings is 1. The molecular weight excluding hydrogens is 516 g/mol. The summed E-state index contributed by atoms with van der Waals surface area (Å²) in [5.41, 5.74) is 5.85. The van der Waals surface area contributed by atoms with E-state index in [2.05, 4.69) is 63.0 Å². The number of piperidine rings is 1. The monoisotopic (exact) mass is 552 g/mol. The molecule has 4 aromatic rings. The number of para-hydroxylation sites is 1. The Kier molecular flexibility index (Phi) is 7.19. The average molecular weight is 553 g/mol. The standard InChI is InChI=1S/C33H36N4O4/c1-39-33(38)29-11-10-28-32(35-29)37(19-26-14-17-40-26)30(34-28)20-36-15-12-23(13-16-36)27-9-5-8-24-18-25(21-41-31(24)27)22-6-3-2-4-7-22/h2-11,23,25-26H,12-21H2,1H3/t25?,26-/m0/s1. The maximum atomic E-state index is 12.1. The molecule has 2 aromatic heterocycles. The van der Waals surface area contributed by atoms with Crippen LogP contribution < -0.4 is 4.74 Å². The number of nitrogens with zero attached hydrogens (tertiary/aromatic N) is 4. The van der Waals surface area contributed by atoms with E-state index in [9.17, 15) is 4.79 Å². The van der Waals surface area contributed by atoms with E-state index in [1.54, 1.807) is 6.07 Å². The summed E-state index contributed by atoms with van der Waals surface area (Å²) in [5, 5.41) is 0. The highest BCUT2D eigenvalue weighted by Crippen LogP contribution is 2.41. The van der Waals surface area contributed by atoms with Crippen LogP contribution in [0.1, 0.15) is 64.1 Å². The zero-order valence-electron chi connectivity index (χ0n) is 23.5. The number of carbonyl (C=O) groups excluding carboxylic acids is 1. The van der Waals surface area contributed by atoms with Gasteiger partial charge in [0.15, 0.2) is 11.3 Å². The van der Waals surface area contributed by atoms with Gasteiger partial charge in [0, 0.05) is 12.5 Å². The van der Waals surface area contributed by atoms with Gasteiger partial charge in [0.2, 0.25) is 0 Å². The van der Waals surface area contributed by atoms with Crippen molar-refractivity contribution in [3.8, 4) is 5.75 Å². The quantitative estimate of drug-likeness (QED) is 0.295. The Bertz CT molecular complexity index is 1540. The molecular formula is C33H36N4O4. The van der Waals surface area contributed by atoms with E-state index >= 15 is 0 Å². The predicted octanol–water partition coefficient (Wildman–Crippen LogP) is 5.11. The summed E-state index contributed by atoms with van der Waals surface area (Å²) in [4.78, 5) is 24.2. The molecule has 41 heavy (non-hydrogen) atoms. The number of aromatic nitrogens is 3. The molecule has 5 heterocycles. The van der Waals surface area contributed by atoms with Crippen LogP contribution >= 0.6 is 0 Å². The molecule has 212 valence electrons. The first-order chi connectivity index (χ1) is 20.2. The van der Waals surface area contributed by atoms with E-state index in [1.807, 2.05) is 6.07 Å². The number of methoxy groups -OCH3 is 1. The van der Waals surface area contributed by atoms with Gasteiger partial charge in [0.1, 0.15) is 17.1 Å². The van der Waals surface area contributed by atoms with Crippen molar-refractivity contribution in [3.63, 3.8) is 0 Å². The lowest BCUT2D eigenvalue weighted by Gasteiger charge is -2.35. The second-order valence-electron chi connectivity index (χ2n) is 11.5. The maximum Gasteiger partial charge on any atom is 0.356 e. The van der Waals surface area contributed by atoms with E-state index in [0.29, 0.717) is 24.1 Å². The molecule has 0 aliphatic carbocycles. The number of ether oxygens (including phenoxy) is 3. The van der Waals surface area contributed by atoms with E-state index in [4.69, 9.17) is 19.2 Å². The van der Waals surface area contributed by atoms with Gasteiger partial charge in [-0.05, 0) is 73.5 Å². The van der Waals surface area contributed by atoms with Crippen molar-refractivity contribution >= 4 is 17.1 Å². The third-order valence-corrected chi connectivity index (χ3v) is 8.93. The third kappa shape index (κ3) is 5.22. The van der Waals surface area contributed by atoms with Crippen LogP contribution in [0.4, 0.5) is 0 Å². The van der Waals surface area contributed by atoms with Crippen LogP contribution in [0.2, 0.25) is 0 Å². The van der Waals surface area contributed by atoms with Gasteiger partial charge < -0.3 is 18.8 Å². The first-order valence-electron chi connectivity index (χ1n) is 14.7. The highest BCUT2D eigenvalue weighted by atomic mass is 16.5. The fourth-order valence-electron chi connectivity index (χ4n) is 6.52. The molecule has 0 N–H and O–H groups in total. The molecule has 2 fully saturated rings. The molecule has 0 bridgehead atoms. The summed E-state index contributed by atoms with van der Waals surface area (Å²) < 4.78 is 19.2. The second kappa shape index (κ2) is 11.3. The predicted molar refractivity (Wildman–Crippen MR) is 155 cm³/mol. The number of carbonyl (C=O) groups is 1. The highest BCUT2D eigenvalue weighted by molar-refractivity contribution is 5.89. The summed E-state index contributed by atoms with van der Waals surface area (Å²) in [6, 6.07) is 21.0. The molecule has 3 aliphatic heterocycles. The summed E-state index contributed by atoms with van der Waals surface area (Å²) >= 11 is 0. The van der Waals surface area contributed by atoms with Gasteiger partial charge in [-0.25, -0.2) is 14.8 Å². The van der Waals surface area contributed by atoms with Gasteiger partial charge in [-0.1, -0.05) is 48.5 Å². The van der Waals surface area contributed by atoms with E-state index in [0.717, 1.165) is 81.3 Å². The topological polar surface area (TPSA) is 78.7 Å². The Morgan fingerprint density at radius 2 is 1.80 bits per heavy atom. The largest absolute Gasteiger partial charge is 0.492 e.